The summed E-state index contributed by atoms with van der Waals surface area (Å²) >= 11 is 0. The van der Waals surface area contributed by atoms with Crippen LogP contribution in [0.3, 0.4) is 0 Å². The topological polar surface area (TPSA) is 356 Å². The van der Waals surface area contributed by atoms with Gasteiger partial charge in [0.15, 0.2) is 11.9 Å². The Kier molecular flexibility index (Phi) is 12.9. The number of aromatic nitrogens is 3. The lowest BCUT2D eigenvalue weighted by molar-refractivity contribution is -0.115. The lowest BCUT2D eigenvalue weighted by atomic mass is 10.1. The van der Waals surface area contributed by atoms with Crippen LogP contribution in [0.25, 0.3) is 11.2 Å². The van der Waals surface area contributed by atoms with Crippen molar-refractivity contribution in [3.63, 3.8) is 0 Å². The van der Waals surface area contributed by atoms with Gasteiger partial charge in [0.25, 0.3) is 0 Å². The van der Waals surface area contributed by atoms with Gasteiger partial charge < -0.3 is 64.3 Å². The summed E-state index contributed by atoms with van der Waals surface area (Å²) in [6.45, 7) is -2.16. The zero-order valence-electron chi connectivity index (χ0n) is 27.1. The number of hydrogen-bond donors (Lipinski definition) is 9. The third-order valence-electron chi connectivity index (χ3n) is 7.39. The van der Waals surface area contributed by atoms with Gasteiger partial charge in [-0.3, -0.25) is 13.6 Å². The average molecular weight is 838 g/mol. The maximum atomic E-state index is 12.4. The molecule has 29 heteroatoms. The highest BCUT2D eigenvalue weighted by molar-refractivity contribution is 7.69. The van der Waals surface area contributed by atoms with Crippen LogP contribution >= 0.6 is 31.3 Å². The Hall–Kier alpha value is -2.44. The summed E-state index contributed by atoms with van der Waals surface area (Å²) in [5, 5.41) is 44.4. The van der Waals surface area contributed by atoms with Crippen molar-refractivity contribution in [2.24, 2.45) is 0 Å². The standard InChI is InChI=1S/C24H34N4O21P4/c1-25-14-7-8-26-22-17(14)27-11-28(22)23-20(31)18(29)15(45-23)9-42-50(33,34)47-52(37,38)49-53(39,40)48-51(35,36)43-10-16-19(30)21(32)24(46-16)44-13-5-3-12(41-2)4-6-13/h3-8,11,15-16,18-21,23-24,29-32H,9-10H2,1-2H3,(H,25,26)(H,33,34)(H,35,36)(H,37,38)(H,39,40)/t15-,16-,18-,19-,20-,21-,23-,24-/m1/s1. The molecule has 0 saturated carbocycles. The monoisotopic (exact) mass is 838 g/mol. The van der Waals surface area contributed by atoms with E-state index in [1.165, 1.54) is 48.5 Å². The third-order valence-corrected chi connectivity index (χ3v) is 13.3. The van der Waals surface area contributed by atoms with Crippen LogP contribution in [0.4, 0.5) is 5.69 Å². The molecule has 25 nitrogen and oxygen atoms in total. The number of aliphatic hydroxyl groups excluding tert-OH is 4. The van der Waals surface area contributed by atoms with Gasteiger partial charge >= 0.3 is 31.3 Å². The molecule has 5 rings (SSSR count). The number of methoxy groups -OCH3 is 1. The van der Waals surface area contributed by atoms with Gasteiger partial charge in [-0.05, 0) is 30.3 Å². The number of rotatable bonds is 17. The summed E-state index contributed by atoms with van der Waals surface area (Å²) < 4.78 is 92.6. The van der Waals surface area contributed by atoms with Crippen molar-refractivity contribution in [3.05, 3.63) is 42.9 Å². The van der Waals surface area contributed by atoms with E-state index in [9.17, 15) is 58.3 Å². The van der Waals surface area contributed by atoms with E-state index in [2.05, 4.69) is 37.3 Å². The van der Waals surface area contributed by atoms with Crippen molar-refractivity contribution >= 4 is 48.1 Å². The van der Waals surface area contributed by atoms with Crippen molar-refractivity contribution in [1.29, 1.82) is 0 Å². The molecule has 2 aliphatic heterocycles. The molecule has 4 heterocycles. The number of pyridine rings is 1. The lowest BCUT2D eigenvalue weighted by Gasteiger charge is -2.21. The van der Waals surface area contributed by atoms with Crippen molar-refractivity contribution in [2.75, 3.05) is 32.7 Å². The molecule has 296 valence electrons. The highest BCUT2D eigenvalue weighted by Crippen LogP contribution is 2.71. The Morgan fingerprint density at radius 3 is 1.83 bits per heavy atom. The van der Waals surface area contributed by atoms with Gasteiger partial charge in [0.05, 0.1) is 32.3 Å². The van der Waals surface area contributed by atoms with E-state index in [4.69, 9.17) is 18.9 Å². The molecule has 0 bridgehead atoms. The minimum atomic E-state index is -6.17. The molecule has 1 aromatic carbocycles. The number of nitrogens with one attached hydrogen (secondary N) is 1. The molecule has 53 heavy (non-hydrogen) atoms. The number of phosphoric ester groups is 2. The molecule has 2 fully saturated rings. The summed E-state index contributed by atoms with van der Waals surface area (Å²) in [5.74, 6) is 0.654. The van der Waals surface area contributed by atoms with Gasteiger partial charge in [0.2, 0.25) is 6.29 Å². The molecule has 4 unspecified atom stereocenters. The largest absolute Gasteiger partial charge is 0.497 e. The first kappa shape index (κ1) is 41.7. The van der Waals surface area contributed by atoms with Crippen LogP contribution in [0.5, 0.6) is 11.5 Å². The summed E-state index contributed by atoms with van der Waals surface area (Å²) in [6, 6.07) is 7.56. The lowest BCUT2D eigenvalue weighted by Crippen LogP contribution is -2.35. The van der Waals surface area contributed by atoms with Crippen molar-refractivity contribution in [3.8, 4) is 11.5 Å². The molecule has 2 aliphatic rings. The number of hydrogen-bond acceptors (Lipinski definition) is 20. The number of imidazole rings is 1. The van der Waals surface area contributed by atoms with E-state index in [1.807, 2.05) is 0 Å². The van der Waals surface area contributed by atoms with E-state index in [0.29, 0.717) is 17.0 Å². The van der Waals surface area contributed by atoms with Gasteiger partial charge in [-0.25, -0.2) is 28.2 Å². The highest BCUT2D eigenvalue weighted by atomic mass is 31.3. The predicted molar refractivity (Wildman–Crippen MR) is 172 cm³/mol. The smallest absolute Gasteiger partial charge is 0.490 e. The second kappa shape index (κ2) is 16.3. The van der Waals surface area contributed by atoms with Crippen LogP contribution < -0.4 is 14.8 Å². The van der Waals surface area contributed by atoms with Crippen LogP contribution in [-0.2, 0) is 49.7 Å². The Balaban J connectivity index is 1.11. The Morgan fingerprint density at radius 1 is 0.736 bits per heavy atom. The van der Waals surface area contributed by atoms with E-state index in [0.717, 1.165) is 0 Å². The number of nitrogens with zero attached hydrogens (tertiary/aromatic N) is 3. The Bertz CT molecular complexity index is 1940. The molecule has 0 aliphatic carbocycles. The average Bonchev–Trinajstić information content (AvgIpc) is 3.71. The number of fused-ring (bicyclic) bond motifs is 1. The zero-order valence-corrected chi connectivity index (χ0v) is 30.7. The Morgan fingerprint density at radius 2 is 1.26 bits per heavy atom. The van der Waals surface area contributed by atoms with Crippen LogP contribution in [-0.4, -0.2) is 125 Å². The summed E-state index contributed by atoms with van der Waals surface area (Å²) in [5.41, 5.74) is 1.19. The molecule has 2 saturated heterocycles. The molecule has 3 aromatic rings. The quantitative estimate of drug-likeness (QED) is 0.0815. The SMILES string of the molecule is CNc1ccnc2c1ncn2[C@@H]1O[C@H](COP(=O)(O)OP(=O)(O)OP(=O)(O)OP(=O)(O)OC[C@H]2O[C@@H](Oc3ccc(OC)cc3)[C@H](O)[C@@H]2O)[C@@H](O)[C@H]1O. The number of anilines is 1. The maximum absolute atomic E-state index is 12.4. The second-order valence-electron chi connectivity index (χ2n) is 11.0. The van der Waals surface area contributed by atoms with Gasteiger partial charge in [-0.1, -0.05) is 0 Å². The first-order valence-electron chi connectivity index (χ1n) is 14.8. The van der Waals surface area contributed by atoms with Gasteiger partial charge in [-0.15, -0.1) is 0 Å². The summed E-state index contributed by atoms with van der Waals surface area (Å²) in [7, 11) is -20.7. The molecule has 0 amide bonds. The van der Waals surface area contributed by atoms with Gasteiger partial charge in [0, 0.05) is 13.2 Å². The van der Waals surface area contributed by atoms with Crippen LogP contribution in [0, 0.1) is 0 Å². The first-order chi connectivity index (χ1) is 24.7. The molecule has 2 aromatic heterocycles. The summed E-state index contributed by atoms with van der Waals surface area (Å²) in [4.78, 5) is 47.9. The fraction of sp³-hybridized carbons (Fsp3) is 0.500. The third kappa shape index (κ3) is 10.3. The van der Waals surface area contributed by atoms with Gasteiger partial charge in [0.1, 0.15) is 53.6 Å². The molecule has 0 radical (unpaired) electrons. The maximum Gasteiger partial charge on any atom is 0.490 e. The number of ether oxygens (including phenoxy) is 4. The zero-order chi connectivity index (χ0) is 38.9. The van der Waals surface area contributed by atoms with E-state index in [-0.39, 0.29) is 11.4 Å². The minimum absolute atomic E-state index is 0.171. The molecule has 9 N–H and O–H groups in total. The summed E-state index contributed by atoms with van der Waals surface area (Å²) in [6.07, 6.45) is -10.2. The fourth-order valence-electron chi connectivity index (χ4n) is 4.96. The van der Waals surface area contributed by atoms with Crippen molar-refractivity contribution < 1.29 is 99.2 Å². The van der Waals surface area contributed by atoms with E-state index < -0.39 is 93.6 Å². The normalized spacial score (nSPS) is 30.6. The van der Waals surface area contributed by atoms with Crippen LogP contribution in [0.2, 0.25) is 0 Å². The van der Waals surface area contributed by atoms with E-state index >= 15 is 0 Å². The molecular weight excluding hydrogens is 804 g/mol. The van der Waals surface area contributed by atoms with Crippen LogP contribution in [0.15, 0.2) is 42.9 Å². The number of aliphatic hydroxyl groups is 4. The van der Waals surface area contributed by atoms with E-state index in [1.54, 1.807) is 13.1 Å². The molecule has 0 spiro atoms. The van der Waals surface area contributed by atoms with Crippen LogP contribution in [0.1, 0.15) is 6.23 Å². The minimum Gasteiger partial charge on any atom is -0.497 e. The Labute approximate surface area is 298 Å². The second-order valence-corrected chi connectivity index (χ2v) is 17.2. The number of benzene rings is 1. The van der Waals surface area contributed by atoms with Crippen molar-refractivity contribution in [2.45, 2.75) is 49.1 Å². The van der Waals surface area contributed by atoms with Crippen molar-refractivity contribution in [1.82, 2.24) is 14.5 Å². The molecular formula is C24H34N4O21P4. The van der Waals surface area contributed by atoms with Gasteiger partial charge in [-0.2, -0.15) is 12.9 Å². The number of phosphoric acid groups is 4. The predicted octanol–water partition coefficient (Wildman–Crippen LogP) is 0.111. The molecule has 12 atom stereocenters. The first-order valence-corrected chi connectivity index (χ1v) is 20.8. The highest BCUT2D eigenvalue weighted by Gasteiger charge is 2.50. The fourth-order valence-corrected chi connectivity index (χ4v) is 9.91.